The first kappa shape index (κ1) is 21.1. The van der Waals surface area contributed by atoms with Crippen molar-refractivity contribution < 1.29 is 27.5 Å². The number of aromatic nitrogens is 1. The van der Waals surface area contributed by atoms with E-state index < -0.39 is 10.0 Å². The van der Waals surface area contributed by atoms with Gasteiger partial charge < -0.3 is 14.1 Å². The summed E-state index contributed by atoms with van der Waals surface area (Å²) in [6.07, 6.45) is 0.373. The number of hydrogen-bond acceptors (Lipinski definition) is 8. The van der Waals surface area contributed by atoms with E-state index in [1.54, 1.807) is 19.1 Å². The highest BCUT2D eigenvalue weighted by molar-refractivity contribution is 7.93. The standard InChI is InChI=1S/C21H17ClN2O6S2/c1-11-19(22)21(29-23-11)24-32(25,26)20-15-9-14(27-2)5-6-17(15)31-18(20)8-12-3-4-13-10-28-30-16(13)7-12/h3-7,9,24H,8,10H2,1-2H3. The van der Waals surface area contributed by atoms with Crippen LogP contribution in [0, 0.1) is 6.92 Å². The van der Waals surface area contributed by atoms with E-state index in [9.17, 15) is 8.42 Å². The van der Waals surface area contributed by atoms with Crippen molar-refractivity contribution in [2.45, 2.75) is 24.8 Å². The average Bonchev–Trinajstić information content (AvgIpc) is 3.46. The topological polar surface area (TPSA) is 99.9 Å². The second-order valence-corrected chi connectivity index (χ2v) is 10.3. The summed E-state index contributed by atoms with van der Waals surface area (Å²) >= 11 is 7.53. The molecule has 0 amide bonds. The minimum absolute atomic E-state index is 0.114. The lowest BCUT2D eigenvalue weighted by molar-refractivity contribution is -0.194. The van der Waals surface area contributed by atoms with Gasteiger partial charge in [-0.25, -0.2) is 13.1 Å². The Labute approximate surface area is 192 Å². The Morgan fingerprint density at radius 1 is 1.25 bits per heavy atom. The number of sulfonamides is 1. The third kappa shape index (κ3) is 3.69. The van der Waals surface area contributed by atoms with Gasteiger partial charge in [0.25, 0.3) is 15.9 Å². The molecule has 166 valence electrons. The highest BCUT2D eigenvalue weighted by Gasteiger charge is 2.28. The highest BCUT2D eigenvalue weighted by Crippen LogP contribution is 2.40. The van der Waals surface area contributed by atoms with E-state index in [1.807, 2.05) is 24.3 Å². The maximum atomic E-state index is 13.5. The molecule has 0 unspecified atom stereocenters. The third-order valence-corrected chi connectivity index (χ3v) is 8.27. The minimum atomic E-state index is -4.06. The predicted molar refractivity (Wildman–Crippen MR) is 120 cm³/mol. The fourth-order valence-corrected chi connectivity index (χ4v) is 6.61. The molecule has 3 heterocycles. The molecule has 2 aromatic heterocycles. The Bertz CT molecular complexity index is 1440. The molecule has 32 heavy (non-hydrogen) atoms. The van der Waals surface area contributed by atoms with E-state index >= 15 is 0 Å². The van der Waals surface area contributed by atoms with E-state index in [1.165, 1.54) is 18.4 Å². The first-order chi connectivity index (χ1) is 15.4. The molecule has 8 nitrogen and oxygen atoms in total. The summed E-state index contributed by atoms with van der Waals surface area (Å²) in [7, 11) is -2.53. The molecule has 0 aliphatic carbocycles. The molecule has 1 aliphatic rings. The van der Waals surface area contributed by atoms with E-state index in [4.69, 9.17) is 30.6 Å². The Balaban J connectivity index is 1.62. The maximum absolute atomic E-state index is 13.5. The number of methoxy groups -OCH3 is 1. The minimum Gasteiger partial charge on any atom is -0.497 e. The number of ether oxygens (including phenoxy) is 1. The Morgan fingerprint density at radius 2 is 2.09 bits per heavy atom. The molecule has 0 bridgehead atoms. The molecule has 4 aromatic rings. The monoisotopic (exact) mass is 492 g/mol. The summed E-state index contributed by atoms with van der Waals surface area (Å²) in [5.41, 5.74) is 2.22. The molecule has 0 saturated carbocycles. The number of halogens is 1. The zero-order chi connectivity index (χ0) is 22.5. The van der Waals surface area contributed by atoms with Gasteiger partial charge in [-0.15, -0.1) is 11.3 Å². The first-order valence-corrected chi connectivity index (χ1v) is 12.2. The zero-order valence-electron chi connectivity index (χ0n) is 17.0. The van der Waals surface area contributed by atoms with Crippen LogP contribution in [0.5, 0.6) is 11.5 Å². The number of aryl methyl sites for hydroxylation is 1. The third-order valence-electron chi connectivity index (χ3n) is 5.06. The number of thiophene rings is 1. The van der Waals surface area contributed by atoms with Gasteiger partial charge >= 0.3 is 0 Å². The molecule has 1 aliphatic heterocycles. The summed E-state index contributed by atoms with van der Waals surface area (Å²) in [5, 5.41) is 4.38. The largest absolute Gasteiger partial charge is 0.497 e. The normalized spacial score (nSPS) is 13.2. The van der Waals surface area contributed by atoms with Crippen molar-refractivity contribution >= 4 is 48.9 Å². The number of fused-ring (bicyclic) bond motifs is 2. The van der Waals surface area contributed by atoms with Crippen LogP contribution in [0.25, 0.3) is 10.1 Å². The summed E-state index contributed by atoms with van der Waals surface area (Å²) < 4.78 is 40.6. The summed E-state index contributed by atoms with van der Waals surface area (Å²) in [6, 6.07) is 11.0. The van der Waals surface area contributed by atoms with Crippen LogP contribution in [-0.2, 0) is 27.9 Å². The number of hydrogen-bond donors (Lipinski definition) is 1. The van der Waals surface area contributed by atoms with Crippen LogP contribution < -0.4 is 14.3 Å². The lowest BCUT2D eigenvalue weighted by Crippen LogP contribution is -2.14. The van der Waals surface area contributed by atoms with Crippen molar-refractivity contribution in [1.29, 1.82) is 0 Å². The van der Waals surface area contributed by atoms with E-state index in [2.05, 4.69) is 9.88 Å². The van der Waals surface area contributed by atoms with E-state index in [0.29, 0.717) is 40.5 Å². The second-order valence-electron chi connectivity index (χ2n) is 7.20. The van der Waals surface area contributed by atoms with Gasteiger partial charge in [-0.3, -0.25) is 0 Å². The molecule has 2 aromatic carbocycles. The molecular formula is C21H17ClN2O6S2. The second kappa shape index (κ2) is 7.96. The SMILES string of the molecule is COc1ccc2sc(Cc3ccc4c(c3)OOC4)c(S(=O)(=O)Nc3onc(C)c3Cl)c2c1. The summed E-state index contributed by atoms with van der Waals surface area (Å²) in [4.78, 5) is 11.0. The van der Waals surface area contributed by atoms with Crippen molar-refractivity contribution in [2.24, 2.45) is 0 Å². The molecular weight excluding hydrogens is 476 g/mol. The summed E-state index contributed by atoms with van der Waals surface area (Å²) in [6.45, 7) is 2.01. The van der Waals surface area contributed by atoms with Crippen molar-refractivity contribution in [3.05, 3.63) is 63.1 Å². The van der Waals surface area contributed by atoms with Crippen molar-refractivity contribution in [3.63, 3.8) is 0 Å². The van der Waals surface area contributed by atoms with Crippen LogP contribution in [0.15, 0.2) is 45.8 Å². The fraction of sp³-hybridized carbons (Fsp3) is 0.190. The van der Waals surface area contributed by atoms with Crippen LogP contribution in [0.2, 0.25) is 5.02 Å². The van der Waals surface area contributed by atoms with Crippen molar-refractivity contribution in [3.8, 4) is 11.5 Å². The number of nitrogens with zero attached hydrogens (tertiary/aromatic N) is 1. The predicted octanol–water partition coefficient (Wildman–Crippen LogP) is 5.08. The van der Waals surface area contributed by atoms with Gasteiger partial charge in [0.1, 0.15) is 28.0 Å². The van der Waals surface area contributed by atoms with Gasteiger partial charge in [0.2, 0.25) is 0 Å². The van der Waals surface area contributed by atoms with Crippen LogP contribution in [0.4, 0.5) is 5.88 Å². The van der Waals surface area contributed by atoms with Gasteiger partial charge in [0.05, 0.1) is 7.11 Å². The molecule has 11 heteroatoms. The fourth-order valence-electron chi connectivity index (χ4n) is 3.49. The molecule has 0 fully saturated rings. The zero-order valence-corrected chi connectivity index (χ0v) is 19.4. The van der Waals surface area contributed by atoms with Crippen LogP contribution in [0.1, 0.15) is 21.7 Å². The number of nitrogens with one attached hydrogen (secondary N) is 1. The van der Waals surface area contributed by atoms with E-state index in [-0.39, 0.29) is 15.8 Å². The lowest BCUT2D eigenvalue weighted by Gasteiger charge is -2.09. The van der Waals surface area contributed by atoms with Crippen LogP contribution >= 0.6 is 22.9 Å². The number of benzene rings is 2. The molecule has 5 rings (SSSR count). The smallest absolute Gasteiger partial charge is 0.266 e. The van der Waals surface area contributed by atoms with Gasteiger partial charge in [0, 0.05) is 26.9 Å². The Hall–Kier alpha value is -2.79. The van der Waals surface area contributed by atoms with Gasteiger partial charge in [-0.05, 0) is 36.8 Å². The number of anilines is 1. The summed E-state index contributed by atoms with van der Waals surface area (Å²) in [5.74, 6) is 1.06. The number of rotatable bonds is 6. The molecule has 0 radical (unpaired) electrons. The maximum Gasteiger partial charge on any atom is 0.266 e. The lowest BCUT2D eigenvalue weighted by atomic mass is 10.1. The Morgan fingerprint density at radius 3 is 2.84 bits per heavy atom. The van der Waals surface area contributed by atoms with Crippen molar-refractivity contribution in [2.75, 3.05) is 11.8 Å². The first-order valence-electron chi connectivity index (χ1n) is 9.51. The molecule has 0 atom stereocenters. The highest BCUT2D eigenvalue weighted by atomic mass is 35.5. The van der Waals surface area contributed by atoms with Crippen LogP contribution in [0.3, 0.4) is 0 Å². The van der Waals surface area contributed by atoms with Gasteiger partial charge in [-0.1, -0.05) is 28.9 Å². The Kier molecular flexibility index (Phi) is 5.25. The van der Waals surface area contributed by atoms with Crippen LogP contribution in [-0.4, -0.2) is 20.7 Å². The molecule has 0 spiro atoms. The quantitative estimate of drug-likeness (QED) is 0.375. The molecule has 1 N–H and O–H groups in total. The average molecular weight is 493 g/mol. The van der Waals surface area contributed by atoms with Gasteiger partial charge in [0.15, 0.2) is 5.75 Å². The van der Waals surface area contributed by atoms with Gasteiger partial charge in [-0.2, -0.15) is 4.89 Å². The van der Waals surface area contributed by atoms with Crippen molar-refractivity contribution in [1.82, 2.24) is 5.16 Å². The van der Waals surface area contributed by atoms with E-state index in [0.717, 1.165) is 15.8 Å². The molecule has 0 saturated heterocycles.